The molecule has 0 unspecified atom stereocenters. The Morgan fingerprint density at radius 1 is 0.732 bits per heavy atom. The molecule has 0 fully saturated rings. The molecule has 41 heavy (non-hydrogen) atoms. The lowest BCUT2D eigenvalue weighted by Gasteiger charge is -2.16. The second-order valence-electron chi connectivity index (χ2n) is 8.72. The summed E-state index contributed by atoms with van der Waals surface area (Å²) in [7, 11) is 4.50. The minimum Gasteiger partial charge on any atom is -0.494 e. The molecule has 210 valence electrons. The van der Waals surface area contributed by atoms with E-state index >= 15 is 0 Å². The van der Waals surface area contributed by atoms with Gasteiger partial charge in [-0.1, -0.05) is 48.0 Å². The van der Waals surface area contributed by atoms with Crippen molar-refractivity contribution < 1.29 is 28.5 Å². The highest BCUT2D eigenvalue weighted by molar-refractivity contribution is 6.30. The van der Waals surface area contributed by atoms with Crippen LogP contribution in [0.25, 0.3) is 6.08 Å². The third kappa shape index (κ3) is 7.80. The minimum absolute atomic E-state index is 0.303. The number of rotatable bonds is 11. The van der Waals surface area contributed by atoms with Gasteiger partial charge in [0.2, 0.25) is 5.91 Å². The summed E-state index contributed by atoms with van der Waals surface area (Å²) in [5.74, 6) is 1.10. The lowest BCUT2D eigenvalue weighted by Crippen LogP contribution is -2.14. The molecule has 0 saturated carbocycles. The fourth-order valence-electron chi connectivity index (χ4n) is 3.87. The number of amides is 2. The van der Waals surface area contributed by atoms with Crippen molar-refractivity contribution >= 4 is 40.9 Å². The quantitative estimate of drug-likeness (QED) is 0.191. The SMILES string of the molecule is COc1cc(NC(=O)c2ccccc2)c(OC)cc1NC(=O)/C=C/c1ccc(OCc2ccc(Cl)cc2)c(OC)c1. The van der Waals surface area contributed by atoms with Gasteiger partial charge in [-0.3, -0.25) is 9.59 Å². The maximum Gasteiger partial charge on any atom is 0.255 e. The van der Waals surface area contributed by atoms with Crippen molar-refractivity contribution in [2.75, 3.05) is 32.0 Å². The minimum atomic E-state index is -0.395. The van der Waals surface area contributed by atoms with Crippen molar-refractivity contribution in [1.29, 1.82) is 0 Å². The monoisotopic (exact) mass is 572 g/mol. The van der Waals surface area contributed by atoms with Gasteiger partial charge >= 0.3 is 0 Å². The van der Waals surface area contributed by atoms with E-state index in [2.05, 4.69) is 10.6 Å². The molecule has 0 aromatic heterocycles. The fraction of sp³-hybridized carbons (Fsp3) is 0.125. The molecule has 4 aromatic rings. The smallest absolute Gasteiger partial charge is 0.255 e. The van der Waals surface area contributed by atoms with Gasteiger partial charge in [-0.05, 0) is 53.6 Å². The Morgan fingerprint density at radius 3 is 2.00 bits per heavy atom. The van der Waals surface area contributed by atoms with Crippen molar-refractivity contribution in [3.63, 3.8) is 0 Å². The van der Waals surface area contributed by atoms with E-state index in [-0.39, 0.29) is 5.91 Å². The highest BCUT2D eigenvalue weighted by Gasteiger charge is 2.16. The number of nitrogens with one attached hydrogen (secondary N) is 2. The van der Waals surface area contributed by atoms with Gasteiger partial charge in [-0.2, -0.15) is 0 Å². The molecule has 0 atom stereocenters. The highest BCUT2D eigenvalue weighted by Crippen LogP contribution is 2.37. The number of benzene rings is 4. The second-order valence-corrected chi connectivity index (χ2v) is 9.16. The topological polar surface area (TPSA) is 95.1 Å². The average molecular weight is 573 g/mol. The van der Waals surface area contributed by atoms with Crippen molar-refractivity contribution in [2.24, 2.45) is 0 Å². The molecule has 2 amide bonds. The Bertz CT molecular complexity index is 1540. The summed E-state index contributed by atoms with van der Waals surface area (Å²) in [5.41, 5.74) is 2.97. The van der Waals surface area contributed by atoms with E-state index < -0.39 is 5.91 Å². The molecule has 0 heterocycles. The number of carbonyl (C=O) groups is 2. The molecule has 0 spiro atoms. The number of halogens is 1. The van der Waals surface area contributed by atoms with Gasteiger partial charge in [0.25, 0.3) is 5.91 Å². The third-order valence-electron chi connectivity index (χ3n) is 5.99. The zero-order valence-corrected chi connectivity index (χ0v) is 23.5. The predicted molar refractivity (Wildman–Crippen MR) is 160 cm³/mol. The normalized spacial score (nSPS) is 10.6. The van der Waals surface area contributed by atoms with Crippen LogP contribution in [0.3, 0.4) is 0 Å². The summed E-state index contributed by atoms with van der Waals surface area (Å²) in [4.78, 5) is 25.4. The molecular weight excluding hydrogens is 544 g/mol. The van der Waals surface area contributed by atoms with Crippen molar-refractivity contribution in [3.8, 4) is 23.0 Å². The van der Waals surface area contributed by atoms with Crippen LogP contribution in [0, 0.1) is 0 Å². The van der Waals surface area contributed by atoms with Crippen LogP contribution in [0.15, 0.2) is 91.0 Å². The molecular formula is C32H29ClN2O6. The van der Waals surface area contributed by atoms with Gasteiger partial charge in [0.05, 0.1) is 32.7 Å². The predicted octanol–water partition coefficient (Wildman–Crippen LogP) is 6.85. The molecule has 0 aliphatic rings. The van der Waals surface area contributed by atoms with Crippen LogP contribution in [0.2, 0.25) is 5.02 Å². The Morgan fingerprint density at radius 2 is 1.37 bits per heavy atom. The first-order chi connectivity index (χ1) is 19.9. The molecule has 4 rings (SSSR count). The zero-order chi connectivity index (χ0) is 29.2. The van der Waals surface area contributed by atoms with E-state index in [1.54, 1.807) is 73.8 Å². The van der Waals surface area contributed by atoms with E-state index in [1.807, 2.05) is 24.3 Å². The molecule has 9 heteroatoms. The van der Waals surface area contributed by atoms with Crippen LogP contribution in [0.4, 0.5) is 11.4 Å². The van der Waals surface area contributed by atoms with E-state index in [1.165, 1.54) is 20.3 Å². The zero-order valence-electron chi connectivity index (χ0n) is 22.8. The lowest BCUT2D eigenvalue weighted by molar-refractivity contribution is -0.111. The second kappa shape index (κ2) is 13.9. The summed E-state index contributed by atoms with van der Waals surface area (Å²) in [5, 5.41) is 6.27. The van der Waals surface area contributed by atoms with E-state index in [0.717, 1.165) is 11.1 Å². The van der Waals surface area contributed by atoms with E-state index in [9.17, 15) is 9.59 Å². The fourth-order valence-corrected chi connectivity index (χ4v) is 4.00. The van der Waals surface area contributed by atoms with Crippen LogP contribution >= 0.6 is 11.6 Å². The van der Waals surface area contributed by atoms with Gasteiger partial charge in [-0.15, -0.1) is 0 Å². The number of carbonyl (C=O) groups excluding carboxylic acids is 2. The molecule has 0 aliphatic heterocycles. The van der Waals surface area contributed by atoms with Crippen molar-refractivity contribution in [1.82, 2.24) is 0 Å². The molecule has 2 N–H and O–H groups in total. The first kappa shape index (κ1) is 29.0. The Hall–Kier alpha value is -4.95. The van der Waals surface area contributed by atoms with Gasteiger partial charge in [0.15, 0.2) is 11.5 Å². The summed E-state index contributed by atoms with van der Waals surface area (Å²) in [6.45, 7) is 0.352. The molecule has 0 radical (unpaired) electrons. The highest BCUT2D eigenvalue weighted by atomic mass is 35.5. The molecule has 4 aromatic carbocycles. The Balaban J connectivity index is 1.43. The van der Waals surface area contributed by atoms with Crippen LogP contribution in [-0.2, 0) is 11.4 Å². The maximum absolute atomic E-state index is 12.8. The van der Waals surface area contributed by atoms with Gasteiger partial charge in [0, 0.05) is 28.8 Å². The molecule has 0 saturated heterocycles. The third-order valence-corrected chi connectivity index (χ3v) is 6.24. The lowest BCUT2D eigenvalue weighted by atomic mass is 10.1. The van der Waals surface area contributed by atoms with Crippen LogP contribution < -0.4 is 29.6 Å². The first-order valence-corrected chi connectivity index (χ1v) is 12.9. The van der Waals surface area contributed by atoms with Crippen LogP contribution in [0.5, 0.6) is 23.0 Å². The summed E-state index contributed by atoms with van der Waals surface area (Å²) >= 11 is 5.94. The Labute approximate surface area is 243 Å². The van der Waals surface area contributed by atoms with Gasteiger partial charge < -0.3 is 29.6 Å². The average Bonchev–Trinajstić information content (AvgIpc) is 3.00. The van der Waals surface area contributed by atoms with Crippen LogP contribution in [-0.4, -0.2) is 33.1 Å². The number of hydrogen-bond acceptors (Lipinski definition) is 6. The molecule has 8 nitrogen and oxygen atoms in total. The molecule has 0 bridgehead atoms. The van der Waals surface area contributed by atoms with Crippen molar-refractivity contribution in [2.45, 2.75) is 6.61 Å². The Kier molecular flexibility index (Phi) is 9.85. The van der Waals surface area contributed by atoms with Gasteiger partial charge in [-0.25, -0.2) is 0 Å². The largest absolute Gasteiger partial charge is 0.494 e. The van der Waals surface area contributed by atoms with Gasteiger partial charge in [0.1, 0.15) is 18.1 Å². The number of anilines is 2. The number of methoxy groups -OCH3 is 3. The summed E-state index contributed by atoms with van der Waals surface area (Å²) in [6, 6.07) is 24.7. The van der Waals surface area contributed by atoms with Crippen molar-refractivity contribution in [3.05, 3.63) is 113 Å². The van der Waals surface area contributed by atoms with E-state index in [0.29, 0.717) is 51.6 Å². The number of hydrogen-bond donors (Lipinski definition) is 2. The van der Waals surface area contributed by atoms with Crippen LogP contribution in [0.1, 0.15) is 21.5 Å². The summed E-state index contributed by atoms with van der Waals surface area (Å²) < 4.78 is 22.3. The number of ether oxygens (including phenoxy) is 4. The van der Waals surface area contributed by atoms with E-state index in [4.69, 9.17) is 30.5 Å². The standard InChI is InChI=1S/C32H29ClN2O6/c1-38-28-19-26(35-32(37)23-7-5-4-6-8-23)29(39-2)18-25(28)34-31(36)16-12-21-11-15-27(30(17-21)40-3)41-20-22-9-13-24(33)14-10-22/h4-19H,20H2,1-3H3,(H,34,36)(H,35,37)/b16-12+. The maximum atomic E-state index is 12.8. The molecule has 0 aliphatic carbocycles. The first-order valence-electron chi connectivity index (χ1n) is 12.6. The summed E-state index contributed by atoms with van der Waals surface area (Å²) in [6.07, 6.45) is 3.04.